The first-order valence-electron chi connectivity index (χ1n) is 10.0. The largest absolute Gasteiger partial charge is 0.383 e. The van der Waals surface area contributed by atoms with Gasteiger partial charge in [-0.05, 0) is 29.2 Å². The van der Waals surface area contributed by atoms with E-state index < -0.39 is 0 Å². The van der Waals surface area contributed by atoms with Crippen molar-refractivity contribution in [3.8, 4) is 11.1 Å². The minimum atomic E-state index is -0.271. The van der Waals surface area contributed by atoms with Gasteiger partial charge in [-0.15, -0.1) is 0 Å². The number of nitrogen functional groups attached to an aromatic ring is 1. The normalized spacial score (nSPS) is 16.0. The van der Waals surface area contributed by atoms with E-state index in [1.807, 2.05) is 0 Å². The molecule has 6 heteroatoms. The van der Waals surface area contributed by atoms with Crippen LogP contribution >= 0.6 is 0 Å². The van der Waals surface area contributed by atoms with Gasteiger partial charge in [-0.2, -0.15) is 0 Å². The number of anilines is 2. The molecule has 1 aliphatic heterocycles. The van der Waals surface area contributed by atoms with Crippen LogP contribution in [0.1, 0.15) is 18.4 Å². The maximum atomic E-state index is 13.3. The molecule has 2 aromatic carbocycles. The number of hydrogen-bond acceptors (Lipinski definition) is 5. The Hall–Kier alpha value is -2.99. The number of benzene rings is 2. The van der Waals surface area contributed by atoms with E-state index in [0.717, 1.165) is 49.7 Å². The summed E-state index contributed by atoms with van der Waals surface area (Å²) in [4.78, 5) is 13.4. The molecular formula is C23H26FN5. The summed E-state index contributed by atoms with van der Waals surface area (Å²) in [6.45, 7) is 6.97. The van der Waals surface area contributed by atoms with Gasteiger partial charge < -0.3 is 10.6 Å². The lowest BCUT2D eigenvalue weighted by molar-refractivity contribution is 0.246. The molecule has 4 rings (SSSR count). The van der Waals surface area contributed by atoms with E-state index in [-0.39, 0.29) is 5.82 Å². The number of halogens is 1. The zero-order chi connectivity index (χ0) is 20.2. The second-order valence-electron chi connectivity index (χ2n) is 7.56. The van der Waals surface area contributed by atoms with E-state index >= 15 is 0 Å². The predicted molar refractivity (Wildman–Crippen MR) is 115 cm³/mol. The lowest BCUT2D eigenvalue weighted by Gasteiger charge is -2.37. The lowest BCUT2D eigenvalue weighted by atomic mass is 10.0. The first kappa shape index (κ1) is 19.3. The fourth-order valence-electron chi connectivity index (χ4n) is 3.94. The first-order chi connectivity index (χ1) is 14.1. The molecule has 1 saturated heterocycles. The van der Waals surface area contributed by atoms with Crippen LogP contribution in [0.3, 0.4) is 0 Å². The number of aromatic nitrogens is 2. The van der Waals surface area contributed by atoms with Crippen LogP contribution in [0.15, 0.2) is 60.9 Å². The van der Waals surface area contributed by atoms with Crippen molar-refractivity contribution in [3.63, 3.8) is 0 Å². The van der Waals surface area contributed by atoms with Gasteiger partial charge in [0.15, 0.2) is 0 Å². The molecule has 0 aliphatic carbocycles. The number of rotatable bonds is 5. The minimum Gasteiger partial charge on any atom is -0.383 e. The number of nitrogens with zero attached hydrogens (tertiary/aromatic N) is 4. The van der Waals surface area contributed by atoms with E-state index in [1.165, 1.54) is 24.0 Å². The molecule has 0 saturated carbocycles. The van der Waals surface area contributed by atoms with Gasteiger partial charge in [0, 0.05) is 32.7 Å². The summed E-state index contributed by atoms with van der Waals surface area (Å²) in [6, 6.07) is 17.0. The van der Waals surface area contributed by atoms with Gasteiger partial charge in [-0.1, -0.05) is 49.4 Å². The Kier molecular flexibility index (Phi) is 5.71. The van der Waals surface area contributed by atoms with Crippen molar-refractivity contribution < 1.29 is 4.39 Å². The van der Waals surface area contributed by atoms with Gasteiger partial charge in [0.25, 0.3) is 0 Å². The second-order valence-corrected chi connectivity index (χ2v) is 7.56. The molecule has 0 radical (unpaired) electrons. The maximum absolute atomic E-state index is 13.3. The van der Waals surface area contributed by atoms with Crippen molar-refractivity contribution in [1.29, 1.82) is 0 Å². The third-order valence-electron chi connectivity index (χ3n) is 5.56. The highest BCUT2D eigenvalue weighted by molar-refractivity contribution is 5.84. The third-order valence-corrected chi connectivity index (χ3v) is 5.56. The molecule has 0 spiro atoms. The van der Waals surface area contributed by atoms with Crippen molar-refractivity contribution >= 4 is 11.6 Å². The fraction of sp³-hybridized carbons (Fsp3) is 0.304. The molecule has 2 N–H and O–H groups in total. The summed E-state index contributed by atoms with van der Waals surface area (Å²) in [6.07, 6.45) is 1.50. The summed E-state index contributed by atoms with van der Waals surface area (Å²) >= 11 is 0. The monoisotopic (exact) mass is 391 g/mol. The quantitative estimate of drug-likeness (QED) is 0.717. The first-order valence-corrected chi connectivity index (χ1v) is 10.0. The van der Waals surface area contributed by atoms with Crippen molar-refractivity contribution in [2.24, 2.45) is 0 Å². The Bertz CT molecular complexity index is 937. The Morgan fingerprint density at radius 2 is 1.66 bits per heavy atom. The molecule has 1 fully saturated rings. The molecule has 29 heavy (non-hydrogen) atoms. The Balaban J connectivity index is 1.46. The van der Waals surface area contributed by atoms with E-state index in [1.54, 1.807) is 12.1 Å². The molecule has 0 amide bonds. The smallest absolute Gasteiger partial charge is 0.142 e. The lowest BCUT2D eigenvalue weighted by Crippen LogP contribution is -2.47. The molecule has 0 unspecified atom stereocenters. The van der Waals surface area contributed by atoms with Crippen LogP contribution < -0.4 is 10.6 Å². The second kappa shape index (κ2) is 8.57. The summed E-state index contributed by atoms with van der Waals surface area (Å²) < 4.78 is 13.3. The molecule has 2 heterocycles. The zero-order valence-electron chi connectivity index (χ0n) is 16.6. The number of piperazine rings is 1. The molecule has 150 valence electrons. The molecule has 1 atom stereocenters. The van der Waals surface area contributed by atoms with Gasteiger partial charge in [0.2, 0.25) is 0 Å². The van der Waals surface area contributed by atoms with Crippen LogP contribution in [-0.4, -0.2) is 47.6 Å². The van der Waals surface area contributed by atoms with Crippen LogP contribution in [0.2, 0.25) is 0 Å². The van der Waals surface area contributed by atoms with Gasteiger partial charge in [-0.3, -0.25) is 4.90 Å². The van der Waals surface area contributed by atoms with Crippen LogP contribution in [0.25, 0.3) is 11.1 Å². The van der Waals surface area contributed by atoms with Crippen LogP contribution in [0.5, 0.6) is 0 Å². The predicted octanol–water partition coefficient (Wildman–Crippen LogP) is 3.79. The molecule has 0 bridgehead atoms. The average Bonchev–Trinajstić information content (AvgIpc) is 2.75. The Morgan fingerprint density at radius 3 is 2.34 bits per heavy atom. The third kappa shape index (κ3) is 4.38. The van der Waals surface area contributed by atoms with Crippen molar-refractivity contribution in [3.05, 3.63) is 72.3 Å². The molecule has 5 nitrogen and oxygen atoms in total. The summed E-state index contributed by atoms with van der Waals surface area (Å²) in [5.41, 5.74) is 9.16. The topological polar surface area (TPSA) is 58.3 Å². The maximum Gasteiger partial charge on any atom is 0.142 e. The molecule has 1 aliphatic rings. The Labute approximate surface area is 171 Å². The molecular weight excluding hydrogens is 365 g/mol. The van der Waals surface area contributed by atoms with Crippen molar-refractivity contribution in [2.45, 2.75) is 12.8 Å². The standard InChI is InChI=1S/C23H26FN5/c1-17(18-5-3-2-4-6-18)15-28-11-13-29(14-12-28)23-21(22(25)26-16-27-23)19-7-9-20(24)10-8-19/h2-10,16-17H,11-15H2,1H3,(H2,25,26,27)/t17-/m1/s1. The summed E-state index contributed by atoms with van der Waals surface area (Å²) in [7, 11) is 0. The SMILES string of the molecule is C[C@H](CN1CCN(c2ncnc(N)c2-c2ccc(F)cc2)CC1)c1ccccc1. The van der Waals surface area contributed by atoms with Gasteiger partial charge >= 0.3 is 0 Å². The van der Waals surface area contributed by atoms with Gasteiger partial charge in [0.05, 0.1) is 5.56 Å². The molecule has 1 aromatic heterocycles. The van der Waals surface area contributed by atoms with Crippen molar-refractivity contribution in [1.82, 2.24) is 14.9 Å². The highest BCUT2D eigenvalue weighted by Gasteiger charge is 2.23. The number of hydrogen-bond donors (Lipinski definition) is 1. The van der Waals surface area contributed by atoms with Gasteiger partial charge in [0.1, 0.15) is 23.8 Å². The minimum absolute atomic E-state index is 0.271. The van der Waals surface area contributed by atoms with E-state index in [0.29, 0.717) is 11.7 Å². The van der Waals surface area contributed by atoms with Crippen LogP contribution in [0, 0.1) is 5.82 Å². The summed E-state index contributed by atoms with van der Waals surface area (Å²) in [5.74, 6) is 1.46. The van der Waals surface area contributed by atoms with Crippen LogP contribution in [-0.2, 0) is 0 Å². The highest BCUT2D eigenvalue weighted by Crippen LogP contribution is 2.33. The van der Waals surface area contributed by atoms with E-state index in [4.69, 9.17) is 5.73 Å². The fourth-order valence-corrected chi connectivity index (χ4v) is 3.94. The van der Waals surface area contributed by atoms with Crippen molar-refractivity contribution in [2.75, 3.05) is 43.4 Å². The van der Waals surface area contributed by atoms with Gasteiger partial charge in [-0.25, -0.2) is 14.4 Å². The van der Waals surface area contributed by atoms with E-state index in [9.17, 15) is 4.39 Å². The average molecular weight is 391 g/mol. The number of nitrogens with two attached hydrogens (primary N) is 1. The molecule has 3 aromatic rings. The Morgan fingerprint density at radius 1 is 0.966 bits per heavy atom. The van der Waals surface area contributed by atoms with Crippen LogP contribution in [0.4, 0.5) is 16.0 Å². The van der Waals surface area contributed by atoms with E-state index in [2.05, 4.69) is 57.0 Å². The summed E-state index contributed by atoms with van der Waals surface area (Å²) in [5, 5.41) is 0. The zero-order valence-corrected chi connectivity index (χ0v) is 16.6. The highest BCUT2D eigenvalue weighted by atomic mass is 19.1.